The van der Waals surface area contributed by atoms with E-state index in [1.165, 1.54) is 28.3 Å². The van der Waals surface area contributed by atoms with Gasteiger partial charge in [-0.2, -0.15) is 0 Å². The Bertz CT molecular complexity index is 867. The summed E-state index contributed by atoms with van der Waals surface area (Å²) in [6.07, 6.45) is 0. The Labute approximate surface area is 157 Å². The van der Waals surface area contributed by atoms with Crippen molar-refractivity contribution in [1.29, 1.82) is 0 Å². The molecule has 3 rings (SSSR count). The maximum absolute atomic E-state index is 13.2. The summed E-state index contributed by atoms with van der Waals surface area (Å²) >= 11 is 0. The lowest BCUT2D eigenvalue weighted by molar-refractivity contribution is 0.0972. The number of amides is 1. The predicted molar refractivity (Wildman–Crippen MR) is 99.7 cm³/mol. The van der Waals surface area contributed by atoms with E-state index >= 15 is 0 Å². The molecule has 7 heteroatoms. The highest BCUT2D eigenvalue weighted by Crippen LogP contribution is 2.40. The molecule has 1 aliphatic heterocycles. The lowest BCUT2D eigenvalue weighted by Crippen LogP contribution is -2.38. The number of Topliss-reactive ketones (excluding diaryl/α,β-unsaturated/α-hetero) is 1. The van der Waals surface area contributed by atoms with Crippen molar-refractivity contribution in [3.8, 4) is 23.0 Å². The van der Waals surface area contributed by atoms with Crippen molar-refractivity contribution in [3.05, 3.63) is 41.5 Å². The molecule has 0 bridgehead atoms. The average Bonchev–Trinajstić information content (AvgIpc) is 2.70. The smallest absolute Gasteiger partial charge is 0.258 e. The molecule has 0 atom stereocenters. The van der Waals surface area contributed by atoms with Crippen LogP contribution in [0.3, 0.4) is 0 Å². The summed E-state index contributed by atoms with van der Waals surface area (Å²) in [6.45, 7) is 2.21. The monoisotopic (exact) mass is 371 g/mol. The van der Waals surface area contributed by atoms with E-state index in [-0.39, 0.29) is 11.7 Å². The van der Waals surface area contributed by atoms with Crippen LogP contribution in [0.15, 0.2) is 30.3 Å². The molecule has 0 spiro atoms. The van der Waals surface area contributed by atoms with E-state index in [4.69, 9.17) is 18.9 Å². The fourth-order valence-electron chi connectivity index (χ4n) is 3.01. The first-order chi connectivity index (χ1) is 13.0. The van der Waals surface area contributed by atoms with Crippen LogP contribution in [0.5, 0.6) is 23.0 Å². The van der Waals surface area contributed by atoms with Crippen LogP contribution in [0.25, 0.3) is 0 Å². The fraction of sp³-hybridized carbons (Fsp3) is 0.300. The first-order valence-electron chi connectivity index (χ1n) is 8.39. The second-order valence-electron chi connectivity index (χ2n) is 5.96. The number of hydrogen-bond donors (Lipinski definition) is 0. The van der Waals surface area contributed by atoms with Crippen molar-refractivity contribution in [2.24, 2.45) is 0 Å². The Kier molecular flexibility index (Phi) is 5.21. The SMILES string of the molecule is COc1cc(C(=O)N2CCOc3ccc(C(C)=O)cc32)cc(OC)c1OC. The quantitative estimate of drug-likeness (QED) is 0.753. The number of methoxy groups -OCH3 is 3. The number of carbonyl (C=O) groups is 2. The zero-order chi connectivity index (χ0) is 19.6. The Morgan fingerprint density at radius 2 is 1.63 bits per heavy atom. The summed E-state index contributed by atoms with van der Waals surface area (Å²) in [5.74, 6) is 1.44. The van der Waals surface area contributed by atoms with Crippen LogP contribution in [-0.2, 0) is 0 Å². The molecule has 0 fully saturated rings. The van der Waals surface area contributed by atoms with Crippen molar-refractivity contribution >= 4 is 17.4 Å². The van der Waals surface area contributed by atoms with E-state index in [9.17, 15) is 9.59 Å². The molecule has 27 heavy (non-hydrogen) atoms. The van der Waals surface area contributed by atoms with Crippen molar-refractivity contribution in [3.63, 3.8) is 0 Å². The number of ether oxygens (including phenoxy) is 4. The van der Waals surface area contributed by atoms with Crippen LogP contribution < -0.4 is 23.8 Å². The molecule has 0 unspecified atom stereocenters. The molecule has 0 aromatic heterocycles. The molecule has 142 valence electrons. The number of fused-ring (bicyclic) bond motifs is 1. The van der Waals surface area contributed by atoms with Gasteiger partial charge in [-0.25, -0.2) is 0 Å². The van der Waals surface area contributed by atoms with Gasteiger partial charge in [0.05, 0.1) is 33.6 Å². The molecule has 1 heterocycles. The Balaban J connectivity index is 2.05. The van der Waals surface area contributed by atoms with Gasteiger partial charge in [0.25, 0.3) is 5.91 Å². The second-order valence-corrected chi connectivity index (χ2v) is 5.96. The van der Waals surface area contributed by atoms with Crippen LogP contribution in [0.1, 0.15) is 27.6 Å². The Hall–Kier alpha value is -3.22. The number of nitrogens with zero attached hydrogens (tertiary/aromatic N) is 1. The van der Waals surface area contributed by atoms with E-state index in [1.807, 2.05) is 0 Å². The van der Waals surface area contributed by atoms with Crippen molar-refractivity contribution < 1.29 is 28.5 Å². The first-order valence-corrected chi connectivity index (χ1v) is 8.39. The number of hydrogen-bond acceptors (Lipinski definition) is 6. The molecule has 2 aromatic carbocycles. The number of rotatable bonds is 5. The van der Waals surface area contributed by atoms with E-state index < -0.39 is 0 Å². The molecule has 0 N–H and O–H groups in total. The summed E-state index contributed by atoms with van der Waals surface area (Å²) in [6, 6.07) is 8.28. The highest BCUT2D eigenvalue weighted by Gasteiger charge is 2.27. The fourth-order valence-corrected chi connectivity index (χ4v) is 3.01. The summed E-state index contributed by atoms with van der Waals surface area (Å²) in [5.41, 5.74) is 1.46. The minimum Gasteiger partial charge on any atom is -0.493 e. The molecular weight excluding hydrogens is 350 g/mol. The minimum atomic E-state index is -0.250. The molecule has 7 nitrogen and oxygen atoms in total. The zero-order valence-electron chi connectivity index (χ0n) is 15.7. The third kappa shape index (κ3) is 3.40. The number of benzene rings is 2. The summed E-state index contributed by atoms with van der Waals surface area (Å²) in [4.78, 5) is 26.5. The van der Waals surface area contributed by atoms with Gasteiger partial charge in [0.1, 0.15) is 12.4 Å². The highest BCUT2D eigenvalue weighted by molar-refractivity contribution is 6.08. The lowest BCUT2D eigenvalue weighted by Gasteiger charge is -2.30. The van der Waals surface area contributed by atoms with Crippen LogP contribution in [-0.4, -0.2) is 46.2 Å². The Morgan fingerprint density at radius 3 is 2.19 bits per heavy atom. The maximum Gasteiger partial charge on any atom is 0.258 e. The van der Waals surface area contributed by atoms with E-state index in [2.05, 4.69) is 0 Å². The topological polar surface area (TPSA) is 74.3 Å². The first kappa shape index (κ1) is 18.6. The van der Waals surface area contributed by atoms with Crippen molar-refractivity contribution in [2.75, 3.05) is 39.4 Å². The largest absolute Gasteiger partial charge is 0.493 e. The molecule has 1 aliphatic rings. The van der Waals surface area contributed by atoms with Gasteiger partial charge in [-0.05, 0) is 37.3 Å². The number of ketones is 1. The standard InChI is InChI=1S/C20H21NO6/c1-12(22)13-5-6-16-15(9-13)21(7-8-27-16)20(23)14-10-17(24-2)19(26-4)18(11-14)25-3/h5-6,9-11H,7-8H2,1-4H3. The second kappa shape index (κ2) is 7.57. The van der Waals surface area contributed by atoms with Gasteiger partial charge in [0, 0.05) is 11.1 Å². The Morgan fingerprint density at radius 1 is 0.963 bits per heavy atom. The molecule has 2 aromatic rings. The van der Waals surface area contributed by atoms with Gasteiger partial charge in [-0.1, -0.05) is 0 Å². The van der Waals surface area contributed by atoms with E-state index in [0.29, 0.717) is 53.0 Å². The third-order valence-electron chi connectivity index (χ3n) is 4.39. The molecule has 1 amide bonds. The molecule has 0 radical (unpaired) electrons. The number of anilines is 1. The highest BCUT2D eigenvalue weighted by atomic mass is 16.5. The minimum absolute atomic E-state index is 0.0800. The normalized spacial score (nSPS) is 12.7. The lowest BCUT2D eigenvalue weighted by atomic mass is 10.1. The number of carbonyl (C=O) groups excluding carboxylic acids is 2. The van der Waals surface area contributed by atoms with Gasteiger partial charge in [0.15, 0.2) is 17.3 Å². The van der Waals surface area contributed by atoms with Crippen LogP contribution in [0.2, 0.25) is 0 Å². The van der Waals surface area contributed by atoms with Crippen molar-refractivity contribution in [2.45, 2.75) is 6.92 Å². The molecule has 0 saturated carbocycles. The zero-order valence-corrected chi connectivity index (χ0v) is 15.7. The van der Waals surface area contributed by atoms with Gasteiger partial charge in [-0.3, -0.25) is 9.59 Å². The predicted octanol–water partition coefficient (Wildman–Crippen LogP) is 2.95. The summed E-state index contributed by atoms with van der Waals surface area (Å²) in [5, 5.41) is 0. The van der Waals surface area contributed by atoms with Gasteiger partial charge >= 0.3 is 0 Å². The molecular formula is C20H21NO6. The van der Waals surface area contributed by atoms with Crippen LogP contribution in [0, 0.1) is 0 Å². The van der Waals surface area contributed by atoms with Crippen LogP contribution >= 0.6 is 0 Å². The van der Waals surface area contributed by atoms with Gasteiger partial charge in [-0.15, -0.1) is 0 Å². The third-order valence-corrected chi connectivity index (χ3v) is 4.39. The summed E-state index contributed by atoms with van der Waals surface area (Å²) < 4.78 is 21.6. The van der Waals surface area contributed by atoms with Gasteiger partial charge < -0.3 is 23.8 Å². The van der Waals surface area contributed by atoms with E-state index in [1.54, 1.807) is 35.2 Å². The molecule has 0 saturated heterocycles. The summed E-state index contributed by atoms with van der Waals surface area (Å²) in [7, 11) is 4.49. The molecule has 0 aliphatic carbocycles. The average molecular weight is 371 g/mol. The van der Waals surface area contributed by atoms with E-state index in [0.717, 1.165) is 0 Å². The van der Waals surface area contributed by atoms with Gasteiger partial charge in [0.2, 0.25) is 5.75 Å². The maximum atomic E-state index is 13.2. The van der Waals surface area contributed by atoms with Crippen molar-refractivity contribution in [1.82, 2.24) is 0 Å². The van der Waals surface area contributed by atoms with Crippen LogP contribution in [0.4, 0.5) is 5.69 Å².